The lowest BCUT2D eigenvalue weighted by Crippen LogP contribution is -2.26. The summed E-state index contributed by atoms with van der Waals surface area (Å²) in [7, 11) is 2.06. The Bertz CT molecular complexity index is 327. The van der Waals surface area contributed by atoms with Crippen LogP contribution in [-0.2, 0) is 0 Å². The van der Waals surface area contributed by atoms with Gasteiger partial charge in [-0.2, -0.15) is 0 Å². The second-order valence-electron chi connectivity index (χ2n) is 4.43. The molecule has 16 heavy (non-hydrogen) atoms. The molecule has 90 valence electrons. The molecule has 0 aromatic carbocycles. The minimum absolute atomic E-state index is 0.481. The lowest BCUT2D eigenvalue weighted by Gasteiger charge is -2.29. The van der Waals surface area contributed by atoms with Crippen molar-refractivity contribution in [1.29, 1.82) is 0 Å². The van der Waals surface area contributed by atoms with Crippen LogP contribution in [0.4, 0.5) is 0 Å². The van der Waals surface area contributed by atoms with Gasteiger partial charge in [-0.25, -0.2) is 0 Å². The molecule has 1 aromatic rings. The number of halogens is 2. The molecule has 1 aromatic heterocycles. The van der Waals surface area contributed by atoms with Crippen LogP contribution in [0.1, 0.15) is 43.0 Å². The molecule has 1 fully saturated rings. The molecular formula is C12H17BrClNS. The number of hydrogen-bond acceptors (Lipinski definition) is 2. The molecular weight excluding hydrogens is 306 g/mol. The molecule has 1 unspecified atom stereocenters. The molecule has 0 spiro atoms. The van der Waals surface area contributed by atoms with E-state index in [2.05, 4.69) is 34.4 Å². The van der Waals surface area contributed by atoms with Crippen molar-refractivity contribution >= 4 is 38.9 Å². The summed E-state index contributed by atoms with van der Waals surface area (Å²) < 4.78 is 1.06. The molecule has 1 atom stereocenters. The van der Waals surface area contributed by atoms with Gasteiger partial charge in [0.25, 0.3) is 0 Å². The minimum atomic E-state index is 0.481. The minimum Gasteiger partial charge on any atom is -0.312 e. The second-order valence-corrected chi connectivity index (χ2v) is 7.24. The van der Waals surface area contributed by atoms with E-state index in [0.717, 1.165) is 14.7 Å². The Morgan fingerprint density at radius 2 is 2.12 bits per heavy atom. The summed E-state index contributed by atoms with van der Waals surface area (Å²) in [5.74, 6) is 0.778. The van der Waals surface area contributed by atoms with Gasteiger partial charge in [0.05, 0.1) is 8.81 Å². The van der Waals surface area contributed by atoms with Gasteiger partial charge in [-0.15, -0.1) is 11.3 Å². The number of nitrogens with one attached hydrogen (secondary N) is 1. The van der Waals surface area contributed by atoms with Gasteiger partial charge in [0.15, 0.2) is 0 Å². The second kappa shape index (κ2) is 5.85. The smallest absolute Gasteiger partial charge is 0.0887 e. The van der Waals surface area contributed by atoms with E-state index >= 15 is 0 Å². The predicted molar refractivity (Wildman–Crippen MR) is 75.4 cm³/mol. The fourth-order valence-electron chi connectivity index (χ4n) is 2.59. The Morgan fingerprint density at radius 1 is 1.44 bits per heavy atom. The van der Waals surface area contributed by atoms with Crippen molar-refractivity contribution in [2.24, 2.45) is 5.92 Å². The molecule has 4 heteroatoms. The molecule has 0 bridgehead atoms. The van der Waals surface area contributed by atoms with E-state index in [-0.39, 0.29) is 0 Å². The Kier molecular flexibility index (Phi) is 4.71. The highest BCUT2D eigenvalue weighted by Crippen LogP contribution is 2.41. The van der Waals surface area contributed by atoms with Gasteiger partial charge in [-0.1, -0.05) is 30.9 Å². The highest BCUT2D eigenvalue weighted by Gasteiger charge is 2.25. The van der Waals surface area contributed by atoms with E-state index < -0.39 is 0 Å². The van der Waals surface area contributed by atoms with Gasteiger partial charge in [0, 0.05) is 10.9 Å². The summed E-state index contributed by atoms with van der Waals surface area (Å²) in [4.78, 5) is 1.37. The molecule has 0 aliphatic heterocycles. The average molecular weight is 323 g/mol. The van der Waals surface area contributed by atoms with Crippen molar-refractivity contribution in [3.63, 3.8) is 0 Å². The normalized spacial score (nSPS) is 19.9. The van der Waals surface area contributed by atoms with E-state index in [1.165, 1.54) is 37.0 Å². The van der Waals surface area contributed by atoms with Gasteiger partial charge < -0.3 is 5.32 Å². The van der Waals surface area contributed by atoms with Crippen LogP contribution < -0.4 is 5.32 Å². The van der Waals surface area contributed by atoms with Crippen molar-refractivity contribution in [2.45, 2.75) is 38.1 Å². The van der Waals surface area contributed by atoms with Gasteiger partial charge >= 0.3 is 0 Å². The fraction of sp³-hybridized carbons (Fsp3) is 0.667. The van der Waals surface area contributed by atoms with Crippen molar-refractivity contribution in [3.8, 4) is 0 Å². The van der Waals surface area contributed by atoms with Crippen LogP contribution in [0.5, 0.6) is 0 Å². The van der Waals surface area contributed by atoms with E-state index in [1.54, 1.807) is 11.3 Å². The van der Waals surface area contributed by atoms with E-state index in [9.17, 15) is 0 Å². The lowest BCUT2D eigenvalue weighted by molar-refractivity contribution is 0.284. The Morgan fingerprint density at radius 3 is 2.62 bits per heavy atom. The molecule has 1 N–H and O–H groups in total. The van der Waals surface area contributed by atoms with Crippen LogP contribution in [0.3, 0.4) is 0 Å². The van der Waals surface area contributed by atoms with Crippen LogP contribution in [0.25, 0.3) is 0 Å². The third-order valence-corrected chi connectivity index (χ3v) is 5.96. The third-order valence-electron chi connectivity index (χ3n) is 3.40. The van der Waals surface area contributed by atoms with Gasteiger partial charge in [-0.05, 0) is 47.8 Å². The molecule has 0 amide bonds. The summed E-state index contributed by atoms with van der Waals surface area (Å²) in [6.45, 7) is 0. The van der Waals surface area contributed by atoms with Crippen LogP contribution in [-0.4, -0.2) is 7.05 Å². The van der Waals surface area contributed by atoms with Crippen LogP contribution in [0.2, 0.25) is 5.02 Å². The maximum atomic E-state index is 6.11. The third kappa shape index (κ3) is 2.81. The largest absolute Gasteiger partial charge is 0.312 e. The highest BCUT2D eigenvalue weighted by molar-refractivity contribution is 9.11. The SMILES string of the molecule is CNC(c1cc(Cl)c(Br)s1)C1CCCCC1. The zero-order valence-corrected chi connectivity index (χ0v) is 12.6. The molecule has 1 saturated carbocycles. The first-order valence-corrected chi connectivity index (χ1v) is 7.83. The Balaban J connectivity index is 2.14. The topological polar surface area (TPSA) is 12.0 Å². The first-order chi connectivity index (χ1) is 7.72. The summed E-state index contributed by atoms with van der Waals surface area (Å²) in [5.41, 5.74) is 0. The molecule has 2 rings (SSSR count). The monoisotopic (exact) mass is 321 g/mol. The predicted octanol–water partition coefficient (Wildman–Crippen LogP) is 5.00. The van der Waals surface area contributed by atoms with Crippen LogP contribution >= 0.6 is 38.9 Å². The van der Waals surface area contributed by atoms with Gasteiger partial charge in [-0.3, -0.25) is 0 Å². The van der Waals surface area contributed by atoms with E-state index in [1.807, 2.05) is 0 Å². The van der Waals surface area contributed by atoms with E-state index in [4.69, 9.17) is 11.6 Å². The number of thiophene rings is 1. The first-order valence-electron chi connectivity index (χ1n) is 5.84. The summed E-state index contributed by atoms with van der Waals surface area (Å²) in [5, 5.41) is 4.30. The van der Waals surface area contributed by atoms with Crippen LogP contribution in [0.15, 0.2) is 9.85 Å². The molecule has 1 nitrogen and oxygen atoms in total. The average Bonchev–Trinajstić information content (AvgIpc) is 2.61. The Hall–Kier alpha value is 0.430. The number of hydrogen-bond donors (Lipinski definition) is 1. The zero-order chi connectivity index (χ0) is 11.5. The summed E-state index contributed by atoms with van der Waals surface area (Å²) in [6.07, 6.45) is 6.85. The number of rotatable bonds is 3. The Labute approximate surface area is 115 Å². The standard InChI is InChI=1S/C12H17BrClNS/c1-15-11(8-5-3-2-4-6-8)10-7-9(14)12(13)16-10/h7-8,11,15H,2-6H2,1H3. The van der Waals surface area contributed by atoms with Crippen LogP contribution in [0, 0.1) is 5.92 Å². The molecule has 1 aliphatic rings. The molecule has 1 aliphatic carbocycles. The summed E-state index contributed by atoms with van der Waals surface area (Å²) >= 11 is 11.4. The van der Waals surface area contributed by atoms with Crippen molar-refractivity contribution in [3.05, 3.63) is 19.8 Å². The maximum absolute atomic E-state index is 6.11. The van der Waals surface area contributed by atoms with E-state index in [0.29, 0.717) is 6.04 Å². The first kappa shape index (κ1) is 12.9. The molecule has 1 heterocycles. The molecule has 0 radical (unpaired) electrons. The summed E-state index contributed by atoms with van der Waals surface area (Å²) in [6, 6.07) is 2.58. The van der Waals surface area contributed by atoms with Crippen molar-refractivity contribution in [1.82, 2.24) is 5.32 Å². The lowest BCUT2D eigenvalue weighted by atomic mass is 9.83. The quantitative estimate of drug-likeness (QED) is 0.825. The van der Waals surface area contributed by atoms with Gasteiger partial charge in [0.2, 0.25) is 0 Å². The maximum Gasteiger partial charge on any atom is 0.0887 e. The van der Waals surface area contributed by atoms with Crippen molar-refractivity contribution in [2.75, 3.05) is 7.05 Å². The highest BCUT2D eigenvalue weighted by atomic mass is 79.9. The van der Waals surface area contributed by atoms with Crippen molar-refractivity contribution < 1.29 is 0 Å². The zero-order valence-electron chi connectivity index (χ0n) is 9.43. The molecule has 0 saturated heterocycles. The fourth-order valence-corrected chi connectivity index (χ4v) is 4.54. The van der Waals surface area contributed by atoms with Gasteiger partial charge in [0.1, 0.15) is 0 Å².